The molecule has 5 nitrogen and oxygen atoms in total. The molecule has 26 heavy (non-hydrogen) atoms. The van der Waals surface area contributed by atoms with Crippen LogP contribution in [0, 0.1) is 11.7 Å². The molecule has 0 spiro atoms. The highest BCUT2D eigenvalue weighted by atomic mass is 19.1. The minimum Gasteiger partial charge on any atom is -0.378 e. The van der Waals surface area contributed by atoms with Crippen LogP contribution in [0.2, 0.25) is 0 Å². The molecule has 2 saturated heterocycles. The van der Waals surface area contributed by atoms with Gasteiger partial charge in [0.25, 0.3) is 0 Å². The van der Waals surface area contributed by atoms with Gasteiger partial charge in [-0.05, 0) is 43.4 Å². The fourth-order valence-corrected chi connectivity index (χ4v) is 3.67. The summed E-state index contributed by atoms with van der Waals surface area (Å²) < 4.78 is 18.2. The van der Waals surface area contributed by atoms with E-state index in [4.69, 9.17) is 4.74 Å². The molecular weight excluding hydrogens is 335 g/mol. The van der Waals surface area contributed by atoms with E-state index in [1.54, 1.807) is 12.1 Å². The number of ether oxygens (including phenoxy) is 1. The minimum absolute atomic E-state index is 0.0383. The first-order chi connectivity index (χ1) is 12.6. The smallest absolute Gasteiger partial charge is 0.225 e. The van der Waals surface area contributed by atoms with Crippen molar-refractivity contribution in [1.82, 2.24) is 9.80 Å². The van der Waals surface area contributed by atoms with Gasteiger partial charge in [-0.1, -0.05) is 12.1 Å². The predicted octanol–water partition coefficient (Wildman–Crippen LogP) is 2.25. The lowest BCUT2D eigenvalue weighted by atomic mass is 9.94. The Balaban J connectivity index is 1.37. The van der Waals surface area contributed by atoms with Crippen molar-refractivity contribution >= 4 is 11.8 Å². The summed E-state index contributed by atoms with van der Waals surface area (Å²) in [7, 11) is 0. The van der Waals surface area contributed by atoms with Gasteiger partial charge >= 0.3 is 0 Å². The first-order valence-electron chi connectivity index (χ1n) is 9.52. The molecule has 0 aliphatic carbocycles. The Morgan fingerprint density at radius 3 is 2.31 bits per heavy atom. The number of rotatable bonds is 5. The lowest BCUT2D eigenvalue weighted by Gasteiger charge is -2.35. The van der Waals surface area contributed by atoms with E-state index in [2.05, 4.69) is 0 Å². The monoisotopic (exact) mass is 362 g/mol. The zero-order chi connectivity index (χ0) is 18.4. The number of hydrogen-bond donors (Lipinski definition) is 0. The topological polar surface area (TPSA) is 49.9 Å². The third-order valence-electron chi connectivity index (χ3n) is 5.29. The SMILES string of the molecule is O=C(CCCc1ccc(F)cc1)N1CCC(C(=O)N2CCOCC2)CC1. The molecular formula is C20H27FN2O3. The summed E-state index contributed by atoms with van der Waals surface area (Å²) >= 11 is 0. The first-order valence-corrected chi connectivity index (χ1v) is 9.52. The van der Waals surface area contributed by atoms with E-state index >= 15 is 0 Å². The number of nitrogens with zero attached hydrogens (tertiary/aromatic N) is 2. The number of piperidine rings is 1. The number of amides is 2. The number of benzene rings is 1. The molecule has 2 aliphatic heterocycles. The summed E-state index contributed by atoms with van der Waals surface area (Å²) in [5.74, 6) is 0.178. The highest BCUT2D eigenvalue weighted by molar-refractivity contribution is 5.80. The number of morpholine rings is 1. The molecule has 3 rings (SSSR count). The standard InChI is InChI=1S/C20H27FN2O3/c21-18-6-4-16(5-7-18)2-1-3-19(24)22-10-8-17(9-11-22)20(25)23-12-14-26-15-13-23/h4-7,17H,1-3,8-15H2. The summed E-state index contributed by atoms with van der Waals surface area (Å²) in [4.78, 5) is 28.7. The van der Waals surface area contributed by atoms with Crippen LogP contribution in [0.1, 0.15) is 31.2 Å². The molecule has 6 heteroatoms. The highest BCUT2D eigenvalue weighted by Gasteiger charge is 2.30. The zero-order valence-corrected chi connectivity index (χ0v) is 15.2. The zero-order valence-electron chi connectivity index (χ0n) is 15.2. The van der Waals surface area contributed by atoms with Gasteiger partial charge in [0.05, 0.1) is 13.2 Å². The number of hydrogen-bond acceptors (Lipinski definition) is 3. The Labute approximate surface area is 154 Å². The number of aryl methyl sites for hydroxylation is 1. The molecule has 2 aliphatic rings. The van der Waals surface area contributed by atoms with Gasteiger partial charge < -0.3 is 14.5 Å². The van der Waals surface area contributed by atoms with Gasteiger partial charge in [-0.25, -0.2) is 4.39 Å². The van der Waals surface area contributed by atoms with Gasteiger partial charge in [0.15, 0.2) is 0 Å². The van der Waals surface area contributed by atoms with E-state index in [1.807, 2.05) is 9.80 Å². The normalized spacial score (nSPS) is 18.8. The van der Waals surface area contributed by atoms with Gasteiger partial charge in [0.1, 0.15) is 5.82 Å². The Hall–Kier alpha value is -1.95. The van der Waals surface area contributed by atoms with Crippen LogP contribution in [0.25, 0.3) is 0 Å². The Morgan fingerprint density at radius 1 is 1.00 bits per heavy atom. The number of carbonyl (C=O) groups is 2. The van der Waals surface area contributed by atoms with Crippen LogP contribution >= 0.6 is 0 Å². The fraction of sp³-hybridized carbons (Fsp3) is 0.600. The van der Waals surface area contributed by atoms with Crippen molar-refractivity contribution in [2.45, 2.75) is 32.1 Å². The molecule has 0 aromatic heterocycles. The molecule has 142 valence electrons. The van der Waals surface area contributed by atoms with Crippen molar-refractivity contribution in [1.29, 1.82) is 0 Å². The molecule has 0 N–H and O–H groups in total. The minimum atomic E-state index is -0.237. The second kappa shape index (κ2) is 9.12. The van der Waals surface area contributed by atoms with Crippen molar-refractivity contribution in [2.75, 3.05) is 39.4 Å². The molecule has 0 radical (unpaired) electrons. The lowest BCUT2D eigenvalue weighted by Crippen LogP contribution is -2.47. The molecule has 0 unspecified atom stereocenters. The second-order valence-corrected chi connectivity index (χ2v) is 7.07. The van der Waals surface area contributed by atoms with E-state index < -0.39 is 0 Å². The van der Waals surface area contributed by atoms with E-state index in [-0.39, 0.29) is 23.5 Å². The first kappa shape index (κ1) is 18.8. The van der Waals surface area contributed by atoms with E-state index in [9.17, 15) is 14.0 Å². The van der Waals surface area contributed by atoms with Crippen molar-refractivity contribution in [2.24, 2.45) is 5.92 Å². The highest BCUT2D eigenvalue weighted by Crippen LogP contribution is 2.21. The van der Waals surface area contributed by atoms with E-state index in [0.717, 1.165) is 31.2 Å². The van der Waals surface area contributed by atoms with Crippen LogP contribution in [-0.2, 0) is 20.7 Å². The van der Waals surface area contributed by atoms with Crippen LogP contribution < -0.4 is 0 Å². The quantitative estimate of drug-likeness (QED) is 0.807. The Morgan fingerprint density at radius 2 is 1.65 bits per heavy atom. The second-order valence-electron chi connectivity index (χ2n) is 7.07. The maximum Gasteiger partial charge on any atom is 0.225 e. The molecule has 0 atom stereocenters. The van der Waals surface area contributed by atoms with Crippen LogP contribution in [0.15, 0.2) is 24.3 Å². The number of halogens is 1. The van der Waals surface area contributed by atoms with Crippen LogP contribution in [0.3, 0.4) is 0 Å². The molecule has 1 aromatic carbocycles. The summed E-state index contributed by atoms with van der Waals surface area (Å²) in [6, 6.07) is 6.44. The van der Waals surface area contributed by atoms with E-state index in [1.165, 1.54) is 12.1 Å². The summed E-state index contributed by atoms with van der Waals surface area (Å²) in [6.07, 6.45) is 3.54. The fourth-order valence-electron chi connectivity index (χ4n) is 3.67. The van der Waals surface area contributed by atoms with Crippen LogP contribution in [-0.4, -0.2) is 61.0 Å². The lowest BCUT2D eigenvalue weighted by molar-refractivity contribution is -0.143. The van der Waals surface area contributed by atoms with Gasteiger partial charge in [-0.3, -0.25) is 9.59 Å². The Kier molecular flexibility index (Phi) is 6.61. The molecule has 0 saturated carbocycles. The Bertz CT molecular complexity index is 606. The molecule has 2 heterocycles. The van der Waals surface area contributed by atoms with Gasteiger partial charge in [-0.15, -0.1) is 0 Å². The van der Waals surface area contributed by atoms with Gasteiger partial charge in [0, 0.05) is 38.5 Å². The van der Waals surface area contributed by atoms with Crippen LogP contribution in [0.4, 0.5) is 4.39 Å². The molecule has 1 aromatic rings. The number of likely N-dealkylation sites (tertiary alicyclic amines) is 1. The average Bonchev–Trinajstić information content (AvgIpc) is 2.69. The van der Waals surface area contributed by atoms with Crippen molar-refractivity contribution in [3.05, 3.63) is 35.6 Å². The predicted molar refractivity (Wildman–Crippen MR) is 96.0 cm³/mol. The van der Waals surface area contributed by atoms with Gasteiger partial charge in [-0.2, -0.15) is 0 Å². The third-order valence-corrected chi connectivity index (χ3v) is 5.29. The maximum atomic E-state index is 12.9. The molecule has 2 fully saturated rings. The number of carbonyl (C=O) groups excluding carboxylic acids is 2. The summed E-state index contributed by atoms with van der Waals surface area (Å²) in [5.41, 5.74) is 1.05. The summed E-state index contributed by atoms with van der Waals surface area (Å²) in [5, 5.41) is 0. The van der Waals surface area contributed by atoms with Crippen molar-refractivity contribution in [3.63, 3.8) is 0 Å². The van der Waals surface area contributed by atoms with Crippen LogP contribution in [0.5, 0.6) is 0 Å². The largest absolute Gasteiger partial charge is 0.378 e. The van der Waals surface area contributed by atoms with Crippen molar-refractivity contribution < 1.29 is 18.7 Å². The average molecular weight is 362 g/mol. The molecule has 2 amide bonds. The summed E-state index contributed by atoms with van der Waals surface area (Å²) in [6.45, 7) is 3.93. The van der Waals surface area contributed by atoms with Gasteiger partial charge in [0.2, 0.25) is 11.8 Å². The van der Waals surface area contributed by atoms with Crippen molar-refractivity contribution in [3.8, 4) is 0 Å². The van der Waals surface area contributed by atoms with E-state index in [0.29, 0.717) is 45.8 Å². The maximum absolute atomic E-state index is 12.9. The molecule has 0 bridgehead atoms. The third kappa shape index (κ3) is 5.04.